The van der Waals surface area contributed by atoms with Crippen LogP contribution in [-0.2, 0) is 0 Å². The summed E-state index contributed by atoms with van der Waals surface area (Å²) in [7, 11) is 2.10. The molecule has 16 heteroatoms. The summed E-state index contributed by atoms with van der Waals surface area (Å²) in [5.41, 5.74) is 0. The fourth-order valence-corrected chi connectivity index (χ4v) is 18.8. The van der Waals surface area contributed by atoms with Crippen LogP contribution in [0.25, 0.3) is 0 Å². The van der Waals surface area contributed by atoms with E-state index in [2.05, 4.69) is 39.9 Å². The third-order valence-electron chi connectivity index (χ3n) is 4.50. The zero-order chi connectivity index (χ0) is 19.1. The molecule has 0 bridgehead atoms. The summed E-state index contributed by atoms with van der Waals surface area (Å²) >= 11 is 0. The first-order valence-electron chi connectivity index (χ1n) is 8.61. The van der Waals surface area contributed by atoms with E-state index >= 15 is 0 Å². The van der Waals surface area contributed by atoms with Crippen molar-refractivity contribution >= 4 is 30.0 Å². The summed E-state index contributed by atoms with van der Waals surface area (Å²) in [6.45, 7) is 3.95. The van der Waals surface area contributed by atoms with Crippen molar-refractivity contribution in [1.29, 1.82) is 0 Å². The Bertz CT molecular complexity index is 686. The molecule has 0 amide bonds. The molecule has 0 aliphatic carbocycles. The van der Waals surface area contributed by atoms with Crippen LogP contribution >= 0.6 is 30.0 Å². The molecule has 3 aliphatic heterocycles. The van der Waals surface area contributed by atoms with Gasteiger partial charge in [-0.2, -0.15) is 18.1 Å². The number of nitrogens with one attached hydrogen (secondary N) is 6. The van der Waals surface area contributed by atoms with Gasteiger partial charge in [0.1, 0.15) is 0 Å². The molecular formula is C10H32N12P4. The molecule has 2 fully saturated rings. The molecule has 2 saturated heterocycles. The summed E-state index contributed by atoms with van der Waals surface area (Å²) in [4.78, 5) is 0. The minimum Gasteiger partial charge on any atom is -0.257 e. The van der Waals surface area contributed by atoms with Crippen LogP contribution in [-0.4, -0.2) is 77.8 Å². The summed E-state index contributed by atoms with van der Waals surface area (Å²) in [6, 6.07) is 0. The van der Waals surface area contributed by atoms with Crippen molar-refractivity contribution in [3.63, 3.8) is 0 Å². The van der Waals surface area contributed by atoms with E-state index in [1.165, 1.54) is 0 Å². The molecule has 3 rings (SSSR count). The largest absolute Gasteiger partial charge is 0.257 e. The van der Waals surface area contributed by atoms with Crippen LogP contribution in [0.15, 0.2) is 18.1 Å². The van der Waals surface area contributed by atoms with E-state index in [4.69, 9.17) is 18.1 Å². The fourth-order valence-electron chi connectivity index (χ4n) is 2.71. The maximum absolute atomic E-state index is 5.29. The van der Waals surface area contributed by atoms with Crippen molar-refractivity contribution in [3.8, 4) is 0 Å². The van der Waals surface area contributed by atoms with Gasteiger partial charge < -0.3 is 0 Å². The highest BCUT2D eigenvalue weighted by Gasteiger charge is 2.44. The number of nitrogens with zero attached hydrogens (tertiary/aromatic N) is 6. The standard InChI is InChI=1S/C10H32N12P4/c1-11-23(12-2)17-25(15-5,21-7-8-21)19-24(13-3,14-4)20-26(16-6,18-23)22-9-10-22/h11-16H,7-10H2,1-6H3/t25-,26+. The van der Waals surface area contributed by atoms with Crippen LogP contribution in [0.2, 0.25) is 0 Å². The molecule has 0 aromatic heterocycles. The van der Waals surface area contributed by atoms with E-state index in [0.29, 0.717) is 0 Å². The Morgan fingerprint density at radius 3 is 1.00 bits per heavy atom. The van der Waals surface area contributed by atoms with Crippen LogP contribution < -0.4 is 30.5 Å². The molecule has 6 N–H and O–H groups in total. The number of rotatable bonds is 8. The number of hydrogen-bond donors (Lipinski definition) is 6. The van der Waals surface area contributed by atoms with Gasteiger partial charge in [0.05, 0.1) is 0 Å². The number of hydrogen-bond acceptors (Lipinski definition) is 12. The first-order chi connectivity index (χ1) is 12.4. The smallest absolute Gasteiger partial charge is 0.218 e. The molecule has 0 radical (unpaired) electrons. The van der Waals surface area contributed by atoms with Gasteiger partial charge in [0, 0.05) is 26.2 Å². The highest BCUT2D eigenvalue weighted by Crippen LogP contribution is 2.75. The highest BCUT2D eigenvalue weighted by molar-refractivity contribution is 7.83. The minimum atomic E-state index is -2.39. The van der Waals surface area contributed by atoms with Crippen molar-refractivity contribution in [2.24, 2.45) is 18.1 Å². The van der Waals surface area contributed by atoms with Gasteiger partial charge in [-0.15, -0.1) is 0 Å². The summed E-state index contributed by atoms with van der Waals surface area (Å²) in [6.07, 6.45) is 0. The third-order valence-corrected chi connectivity index (χ3v) is 18.7. The molecule has 0 spiro atoms. The lowest BCUT2D eigenvalue weighted by molar-refractivity contribution is 0.863. The Balaban J connectivity index is 2.40. The molecule has 26 heavy (non-hydrogen) atoms. The van der Waals surface area contributed by atoms with Gasteiger partial charge in [-0.3, -0.25) is 30.5 Å². The topological polar surface area (TPSA) is 128 Å². The van der Waals surface area contributed by atoms with E-state index in [9.17, 15) is 0 Å². The second kappa shape index (κ2) is 7.79. The van der Waals surface area contributed by atoms with Gasteiger partial charge >= 0.3 is 0 Å². The summed E-state index contributed by atoms with van der Waals surface area (Å²) in [5.74, 6) is 0. The molecular weight excluding hydrogens is 412 g/mol. The molecule has 3 aliphatic rings. The normalized spacial score (nSPS) is 35.9. The predicted octanol–water partition coefficient (Wildman–Crippen LogP) is 1.73. The van der Waals surface area contributed by atoms with Crippen molar-refractivity contribution in [2.75, 3.05) is 68.5 Å². The van der Waals surface area contributed by atoms with E-state index in [-0.39, 0.29) is 0 Å². The molecule has 0 aromatic carbocycles. The second-order valence-electron chi connectivity index (χ2n) is 5.95. The average molecular weight is 444 g/mol. The predicted molar refractivity (Wildman–Crippen MR) is 115 cm³/mol. The lowest BCUT2D eigenvalue weighted by Gasteiger charge is -2.35. The van der Waals surface area contributed by atoms with Crippen LogP contribution in [0.4, 0.5) is 0 Å². The van der Waals surface area contributed by atoms with Crippen molar-refractivity contribution < 1.29 is 0 Å². The van der Waals surface area contributed by atoms with Crippen molar-refractivity contribution in [3.05, 3.63) is 0 Å². The zero-order valence-corrected chi connectivity index (χ0v) is 19.9. The van der Waals surface area contributed by atoms with Crippen LogP contribution in [0.5, 0.6) is 0 Å². The van der Waals surface area contributed by atoms with Crippen LogP contribution in [0, 0.1) is 0 Å². The van der Waals surface area contributed by atoms with Crippen LogP contribution in [0.3, 0.4) is 0 Å². The van der Waals surface area contributed by atoms with Gasteiger partial charge in [-0.05, 0) is 42.3 Å². The van der Waals surface area contributed by atoms with Crippen molar-refractivity contribution in [2.45, 2.75) is 0 Å². The Kier molecular flexibility index (Phi) is 6.38. The second-order valence-corrected chi connectivity index (χ2v) is 17.3. The third kappa shape index (κ3) is 3.73. The molecule has 12 nitrogen and oxygen atoms in total. The molecule has 0 saturated carbocycles. The monoisotopic (exact) mass is 444 g/mol. The van der Waals surface area contributed by atoms with Gasteiger partial charge in [-0.25, -0.2) is 9.34 Å². The summed E-state index contributed by atoms with van der Waals surface area (Å²) < 4.78 is 25.8. The van der Waals surface area contributed by atoms with Gasteiger partial charge in [0.15, 0.2) is 0 Å². The van der Waals surface area contributed by atoms with E-state index in [1.54, 1.807) is 0 Å². The highest BCUT2D eigenvalue weighted by atomic mass is 31.3. The summed E-state index contributed by atoms with van der Waals surface area (Å²) in [5, 5.41) is 20.4. The lowest BCUT2D eigenvalue weighted by atomic mass is 11.0. The molecule has 3 heterocycles. The average Bonchev–Trinajstić information content (AvgIpc) is 3.54. The van der Waals surface area contributed by atoms with E-state index in [0.717, 1.165) is 26.2 Å². The Hall–Kier alpha value is 0.600. The minimum absolute atomic E-state index is 0.987. The SMILES string of the molecule is CNP1(NC)=N[P@@](NC)(N2CC2)=NP(NC)(NC)=N[P@@](NC)(N2CC2)=N1. The zero-order valence-electron chi connectivity index (χ0n) is 16.3. The molecule has 2 atom stereocenters. The van der Waals surface area contributed by atoms with Crippen LogP contribution in [0.1, 0.15) is 0 Å². The Morgan fingerprint density at radius 2 is 0.808 bits per heavy atom. The maximum Gasteiger partial charge on any atom is 0.218 e. The molecule has 0 unspecified atom stereocenters. The molecule has 152 valence electrons. The molecule has 0 aromatic rings. The Morgan fingerprint density at radius 1 is 0.500 bits per heavy atom. The Labute approximate surface area is 156 Å². The quantitative estimate of drug-likeness (QED) is 0.247. The van der Waals surface area contributed by atoms with Gasteiger partial charge in [-0.1, -0.05) is 0 Å². The maximum atomic E-state index is 5.29. The van der Waals surface area contributed by atoms with E-state index < -0.39 is 30.0 Å². The lowest BCUT2D eigenvalue weighted by Crippen LogP contribution is -2.22. The first-order valence-corrected chi connectivity index (χ1v) is 15.3. The van der Waals surface area contributed by atoms with Gasteiger partial charge in [0.2, 0.25) is 30.0 Å². The van der Waals surface area contributed by atoms with E-state index in [1.807, 2.05) is 42.3 Å². The van der Waals surface area contributed by atoms with Gasteiger partial charge in [0.25, 0.3) is 0 Å². The van der Waals surface area contributed by atoms with Crippen molar-refractivity contribution in [1.82, 2.24) is 39.9 Å². The first kappa shape index (κ1) is 21.3. The fraction of sp³-hybridized carbons (Fsp3) is 1.00.